The molecular weight excluding hydrogens is 425 g/mol. The number of furan rings is 1. The van der Waals surface area contributed by atoms with E-state index in [1.807, 2.05) is 0 Å². The number of halogens is 3. The monoisotopic (exact) mass is 450 g/mol. The standard InChI is InChI=1S/C23H25F3N2O4/c24-23(25,26)17-5-1-4-16(12-17)22(30)28(18-8-9-18)15-21(29)27(13-19-6-2-10-31-19)14-20-7-3-11-32-20/h1-2,4-6,10,12,18,20H,3,7-9,11,13-15H2. The van der Waals surface area contributed by atoms with Crippen LogP contribution in [0.5, 0.6) is 0 Å². The van der Waals surface area contributed by atoms with Gasteiger partial charge in [0.1, 0.15) is 12.3 Å². The van der Waals surface area contributed by atoms with Gasteiger partial charge in [0.05, 0.1) is 24.5 Å². The molecule has 1 aliphatic heterocycles. The number of carbonyl (C=O) groups excluding carboxylic acids is 2. The average Bonchev–Trinajstić information content (AvgIpc) is 3.22. The molecule has 4 rings (SSSR count). The highest BCUT2D eigenvalue weighted by molar-refractivity contribution is 5.97. The van der Waals surface area contributed by atoms with Gasteiger partial charge in [-0.3, -0.25) is 9.59 Å². The fourth-order valence-corrected chi connectivity index (χ4v) is 3.87. The predicted molar refractivity (Wildman–Crippen MR) is 109 cm³/mol. The molecule has 1 aliphatic carbocycles. The SMILES string of the molecule is O=C(CN(C(=O)c1cccc(C(F)(F)F)c1)C1CC1)N(Cc1ccco1)CC1CCCO1. The van der Waals surface area contributed by atoms with Gasteiger partial charge in [0.25, 0.3) is 5.91 Å². The largest absolute Gasteiger partial charge is 0.467 e. The second kappa shape index (κ2) is 9.36. The van der Waals surface area contributed by atoms with E-state index in [0.717, 1.165) is 37.8 Å². The molecule has 172 valence electrons. The van der Waals surface area contributed by atoms with Gasteiger partial charge in [-0.1, -0.05) is 6.07 Å². The first kappa shape index (κ1) is 22.4. The van der Waals surface area contributed by atoms with E-state index in [9.17, 15) is 22.8 Å². The molecule has 1 aromatic carbocycles. The van der Waals surface area contributed by atoms with Crippen molar-refractivity contribution in [1.82, 2.24) is 9.80 Å². The van der Waals surface area contributed by atoms with Crippen molar-refractivity contribution in [3.05, 3.63) is 59.5 Å². The molecule has 2 fully saturated rings. The third-order valence-corrected chi connectivity index (χ3v) is 5.72. The minimum atomic E-state index is -4.54. The van der Waals surface area contributed by atoms with Crippen molar-refractivity contribution in [1.29, 1.82) is 0 Å². The molecule has 1 saturated heterocycles. The highest BCUT2D eigenvalue weighted by Crippen LogP contribution is 2.32. The molecule has 2 aromatic rings. The zero-order chi connectivity index (χ0) is 22.7. The topological polar surface area (TPSA) is 63.0 Å². The Morgan fingerprint density at radius 2 is 1.91 bits per heavy atom. The number of nitrogens with zero attached hydrogens (tertiary/aromatic N) is 2. The van der Waals surface area contributed by atoms with E-state index in [4.69, 9.17) is 9.15 Å². The maximum Gasteiger partial charge on any atom is 0.416 e. The van der Waals surface area contributed by atoms with Gasteiger partial charge >= 0.3 is 6.18 Å². The Bertz CT molecular complexity index is 935. The number of alkyl halides is 3. The number of benzene rings is 1. The van der Waals surface area contributed by atoms with Crippen LogP contribution in [-0.2, 0) is 22.3 Å². The summed E-state index contributed by atoms with van der Waals surface area (Å²) in [5.41, 5.74) is -0.959. The number of amides is 2. The maximum absolute atomic E-state index is 13.2. The van der Waals surface area contributed by atoms with Crippen molar-refractivity contribution in [2.45, 2.75) is 50.6 Å². The molecular formula is C23H25F3N2O4. The fraction of sp³-hybridized carbons (Fsp3) is 0.478. The quantitative estimate of drug-likeness (QED) is 0.607. The van der Waals surface area contributed by atoms with E-state index >= 15 is 0 Å². The summed E-state index contributed by atoms with van der Waals surface area (Å²) in [5.74, 6) is -0.246. The minimum Gasteiger partial charge on any atom is -0.467 e. The summed E-state index contributed by atoms with van der Waals surface area (Å²) in [6.45, 7) is 1.06. The van der Waals surface area contributed by atoms with Crippen LogP contribution in [0.15, 0.2) is 47.1 Å². The lowest BCUT2D eigenvalue weighted by molar-refractivity contribution is -0.137. The first-order valence-electron chi connectivity index (χ1n) is 10.7. The van der Waals surface area contributed by atoms with E-state index in [1.165, 1.54) is 23.3 Å². The molecule has 2 aliphatic rings. The number of rotatable bonds is 8. The zero-order valence-electron chi connectivity index (χ0n) is 17.5. The predicted octanol–water partition coefficient (Wildman–Crippen LogP) is 4.11. The fourth-order valence-electron chi connectivity index (χ4n) is 3.87. The van der Waals surface area contributed by atoms with Gasteiger partial charge in [0.2, 0.25) is 5.91 Å². The van der Waals surface area contributed by atoms with Crippen LogP contribution in [0.3, 0.4) is 0 Å². The van der Waals surface area contributed by atoms with Gasteiger partial charge in [-0.15, -0.1) is 0 Å². The maximum atomic E-state index is 13.2. The first-order chi connectivity index (χ1) is 15.3. The number of hydrogen-bond acceptors (Lipinski definition) is 4. The van der Waals surface area contributed by atoms with E-state index < -0.39 is 17.6 Å². The molecule has 1 aromatic heterocycles. The number of ether oxygens (including phenoxy) is 1. The molecule has 32 heavy (non-hydrogen) atoms. The van der Waals surface area contributed by atoms with Gasteiger partial charge in [-0.05, 0) is 56.0 Å². The molecule has 9 heteroatoms. The molecule has 2 amide bonds. The highest BCUT2D eigenvalue weighted by Gasteiger charge is 2.37. The lowest BCUT2D eigenvalue weighted by Gasteiger charge is -2.29. The van der Waals surface area contributed by atoms with Gasteiger partial charge in [0, 0.05) is 24.8 Å². The Kier molecular flexibility index (Phi) is 6.55. The second-order valence-corrected chi connectivity index (χ2v) is 8.23. The van der Waals surface area contributed by atoms with Crippen molar-refractivity contribution >= 4 is 11.8 Å². The van der Waals surface area contributed by atoms with Gasteiger partial charge < -0.3 is 19.0 Å². The van der Waals surface area contributed by atoms with Crippen LogP contribution < -0.4 is 0 Å². The molecule has 0 N–H and O–H groups in total. The van der Waals surface area contributed by atoms with E-state index in [0.29, 0.717) is 18.9 Å². The molecule has 0 spiro atoms. The third kappa shape index (κ3) is 5.51. The van der Waals surface area contributed by atoms with Crippen molar-refractivity contribution in [3.8, 4) is 0 Å². The van der Waals surface area contributed by atoms with Gasteiger partial charge in [-0.25, -0.2) is 0 Å². The molecule has 1 atom stereocenters. The van der Waals surface area contributed by atoms with Crippen LogP contribution in [0.1, 0.15) is 47.4 Å². The van der Waals surface area contributed by atoms with Crippen molar-refractivity contribution < 1.29 is 31.9 Å². The van der Waals surface area contributed by atoms with Crippen LogP contribution >= 0.6 is 0 Å². The van der Waals surface area contributed by atoms with E-state index in [2.05, 4.69) is 0 Å². The molecule has 1 unspecified atom stereocenters. The first-order valence-corrected chi connectivity index (χ1v) is 10.7. The Balaban J connectivity index is 1.50. The average molecular weight is 450 g/mol. The zero-order valence-corrected chi connectivity index (χ0v) is 17.5. The summed E-state index contributed by atoms with van der Waals surface area (Å²) >= 11 is 0. The Morgan fingerprint density at radius 3 is 2.53 bits per heavy atom. The third-order valence-electron chi connectivity index (χ3n) is 5.72. The summed E-state index contributed by atoms with van der Waals surface area (Å²) in [6, 6.07) is 7.69. The van der Waals surface area contributed by atoms with E-state index in [1.54, 1.807) is 17.0 Å². The Morgan fingerprint density at radius 1 is 1.09 bits per heavy atom. The summed E-state index contributed by atoms with van der Waals surface area (Å²) < 4.78 is 50.3. The lowest BCUT2D eigenvalue weighted by atomic mass is 10.1. The van der Waals surface area contributed by atoms with Crippen LogP contribution in [-0.4, -0.2) is 53.5 Å². The Labute approximate surface area is 183 Å². The van der Waals surface area contributed by atoms with Gasteiger partial charge in [-0.2, -0.15) is 13.2 Å². The normalized spacial score (nSPS) is 18.5. The highest BCUT2D eigenvalue weighted by atomic mass is 19.4. The number of hydrogen-bond donors (Lipinski definition) is 0. The molecule has 0 bridgehead atoms. The van der Waals surface area contributed by atoms with Crippen molar-refractivity contribution in [2.75, 3.05) is 19.7 Å². The Hall–Kier alpha value is -2.81. The van der Waals surface area contributed by atoms with Crippen LogP contribution in [0.25, 0.3) is 0 Å². The molecule has 6 nitrogen and oxygen atoms in total. The van der Waals surface area contributed by atoms with Gasteiger partial charge in [0.15, 0.2) is 0 Å². The molecule has 2 heterocycles. The summed E-state index contributed by atoms with van der Waals surface area (Å²) in [4.78, 5) is 29.3. The second-order valence-electron chi connectivity index (χ2n) is 8.23. The molecule has 0 radical (unpaired) electrons. The summed E-state index contributed by atoms with van der Waals surface area (Å²) in [6.07, 6.45) is 0.120. The van der Waals surface area contributed by atoms with E-state index in [-0.39, 0.29) is 36.7 Å². The lowest BCUT2D eigenvalue weighted by Crippen LogP contribution is -2.45. The minimum absolute atomic E-state index is 0.0729. The van der Waals surface area contributed by atoms with Crippen LogP contribution in [0.4, 0.5) is 13.2 Å². The molecule has 1 saturated carbocycles. The smallest absolute Gasteiger partial charge is 0.416 e. The number of carbonyl (C=O) groups is 2. The van der Waals surface area contributed by atoms with Crippen molar-refractivity contribution in [3.63, 3.8) is 0 Å². The van der Waals surface area contributed by atoms with Crippen LogP contribution in [0, 0.1) is 0 Å². The van der Waals surface area contributed by atoms with Crippen LogP contribution in [0.2, 0.25) is 0 Å². The van der Waals surface area contributed by atoms with Crippen molar-refractivity contribution in [2.24, 2.45) is 0 Å². The summed E-state index contributed by atoms with van der Waals surface area (Å²) in [5, 5.41) is 0. The summed E-state index contributed by atoms with van der Waals surface area (Å²) in [7, 11) is 0.